The van der Waals surface area contributed by atoms with Gasteiger partial charge in [-0.15, -0.1) is 0 Å². The summed E-state index contributed by atoms with van der Waals surface area (Å²) in [4.78, 5) is 1.80. The lowest BCUT2D eigenvalue weighted by Gasteiger charge is -2.38. The van der Waals surface area contributed by atoms with Crippen molar-refractivity contribution in [3.63, 3.8) is 0 Å². The second kappa shape index (κ2) is 5.71. The summed E-state index contributed by atoms with van der Waals surface area (Å²) in [7, 11) is 0. The van der Waals surface area contributed by atoms with Gasteiger partial charge in [0.15, 0.2) is 0 Å². The maximum Gasteiger partial charge on any atom is 0.418 e. The average molecular weight is 337 g/mol. The molecule has 2 rings (SSSR count). The largest absolute Gasteiger partial charge is 0.418 e. The first-order chi connectivity index (χ1) is 8.93. The lowest BCUT2D eigenvalue weighted by atomic mass is 9.99. The maximum atomic E-state index is 13.1. The number of hydrogen-bond acceptors (Lipinski definition) is 2. The topological polar surface area (TPSA) is 29.3 Å². The molecule has 1 atom stereocenters. The highest BCUT2D eigenvalue weighted by Gasteiger charge is 2.36. The molecule has 0 spiro atoms. The lowest BCUT2D eigenvalue weighted by molar-refractivity contribution is -0.137. The van der Waals surface area contributed by atoms with Crippen molar-refractivity contribution in [2.24, 2.45) is 5.73 Å². The Hall–Kier alpha value is -0.750. The predicted molar refractivity (Wildman–Crippen MR) is 73.2 cm³/mol. The van der Waals surface area contributed by atoms with Crippen LogP contribution in [0.3, 0.4) is 0 Å². The highest BCUT2D eigenvalue weighted by Crippen LogP contribution is 2.40. The van der Waals surface area contributed by atoms with Crippen molar-refractivity contribution in [1.29, 1.82) is 0 Å². The van der Waals surface area contributed by atoms with Gasteiger partial charge in [-0.05, 0) is 37.5 Å². The molecule has 1 saturated heterocycles. The second-order valence-corrected chi connectivity index (χ2v) is 5.65. The van der Waals surface area contributed by atoms with Crippen molar-refractivity contribution in [1.82, 2.24) is 0 Å². The van der Waals surface area contributed by atoms with E-state index in [-0.39, 0.29) is 11.7 Å². The molecule has 1 unspecified atom stereocenters. The molecule has 1 aliphatic rings. The van der Waals surface area contributed by atoms with Crippen LogP contribution in [-0.4, -0.2) is 19.1 Å². The van der Waals surface area contributed by atoms with Gasteiger partial charge in [-0.3, -0.25) is 0 Å². The van der Waals surface area contributed by atoms with Crippen molar-refractivity contribution in [3.8, 4) is 0 Å². The van der Waals surface area contributed by atoms with Gasteiger partial charge in [0.2, 0.25) is 0 Å². The van der Waals surface area contributed by atoms with Gasteiger partial charge in [0, 0.05) is 29.3 Å². The minimum atomic E-state index is -4.35. The van der Waals surface area contributed by atoms with Gasteiger partial charge in [-0.2, -0.15) is 13.2 Å². The summed E-state index contributed by atoms with van der Waals surface area (Å²) in [6.45, 7) is 1.01. The van der Waals surface area contributed by atoms with Crippen molar-refractivity contribution < 1.29 is 13.2 Å². The van der Waals surface area contributed by atoms with Gasteiger partial charge in [-0.25, -0.2) is 0 Å². The van der Waals surface area contributed by atoms with Crippen LogP contribution >= 0.6 is 15.9 Å². The molecule has 106 valence electrons. The minimum absolute atomic E-state index is 0.00368. The lowest BCUT2D eigenvalue weighted by Crippen LogP contribution is -2.45. The Kier molecular flexibility index (Phi) is 4.40. The third kappa shape index (κ3) is 3.23. The number of rotatable bonds is 2. The number of hydrogen-bond donors (Lipinski definition) is 1. The Bertz CT molecular complexity index is 448. The van der Waals surface area contributed by atoms with Crippen molar-refractivity contribution in [2.75, 3.05) is 18.0 Å². The van der Waals surface area contributed by atoms with Crippen LogP contribution in [0.4, 0.5) is 18.9 Å². The fourth-order valence-electron chi connectivity index (χ4n) is 2.55. The average Bonchev–Trinajstić information content (AvgIpc) is 2.37. The fraction of sp³-hybridized carbons (Fsp3) is 0.538. The summed E-state index contributed by atoms with van der Waals surface area (Å²) in [5.41, 5.74) is 5.33. The molecule has 0 aliphatic carbocycles. The molecular weight excluding hydrogens is 321 g/mol. The van der Waals surface area contributed by atoms with E-state index in [2.05, 4.69) is 15.9 Å². The molecule has 0 aromatic heterocycles. The Morgan fingerprint density at radius 1 is 1.32 bits per heavy atom. The van der Waals surface area contributed by atoms with Crippen LogP contribution in [0.15, 0.2) is 22.7 Å². The van der Waals surface area contributed by atoms with E-state index in [1.807, 2.05) is 0 Å². The van der Waals surface area contributed by atoms with Crippen LogP contribution in [0.1, 0.15) is 24.8 Å². The first-order valence-corrected chi connectivity index (χ1v) is 7.06. The van der Waals surface area contributed by atoms with Gasteiger partial charge < -0.3 is 10.6 Å². The van der Waals surface area contributed by atoms with Crippen molar-refractivity contribution in [3.05, 3.63) is 28.2 Å². The summed E-state index contributed by atoms with van der Waals surface area (Å²) in [6, 6.07) is 4.31. The molecule has 0 radical (unpaired) electrons. The number of nitrogens with zero attached hydrogens (tertiary/aromatic N) is 1. The van der Waals surface area contributed by atoms with E-state index >= 15 is 0 Å². The van der Waals surface area contributed by atoms with Gasteiger partial charge in [0.25, 0.3) is 0 Å². The molecule has 1 aliphatic heterocycles. The third-order valence-corrected chi connectivity index (χ3v) is 3.97. The monoisotopic (exact) mass is 336 g/mol. The molecular formula is C13H16BrF3N2. The number of halogens is 4. The Morgan fingerprint density at radius 2 is 2.05 bits per heavy atom. The molecule has 0 amide bonds. The van der Waals surface area contributed by atoms with Crippen LogP contribution in [-0.2, 0) is 6.18 Å². The molecule has 6 heteroatoms. The summed E-state index contributed by atoms with van der Waals surface area (Å²) in [5.74, 6) is 0. The van der Waals surface area contributed by atoms with E-state index in [4.69, 9.17) is 5.73 Å². The van der Waals surface area contributed by atoms with Crippen LogP contribution in [0.5, 0.6) is 0 Å². The summed E-state index contributed by atoms with van der Waals surface area (Å²) < 4.78 is 39.8. The quantitative estimate of drug-likeness (QED) is 0.890. The molecule has 0 saturated carbocycles. The Balaban J connectivity index is 2.43. The molecule has 2 N–H and O–H groups in total. The summed E-state index contributed by atoms with van der Waals surface area (Å²) >= 11 is 3.10. The number of anilines is 1. The number of piperidine rings is 1. The number of nitrogens with two attached hydrogens (primary N) is 1. The Labute approximate surface area is 118 Å². The predicted octanol–water partition coefficient (Wildman–Crippen LogP) is 3.79. The van der Waals surface area contributed by atoms with Gasteiger partial charge >= 0.3 is 6.18 Å². The summed E-state index contributed by atoms with van der Waals surface area (Å²) in [5, 5.41) is 0. The summed E-state index contributed by atoms with van der Waals surface area (Å²) in [6.07, 6.45) is -1.57. The molecule has 19 heavy (non-hydrogen) atoms. The zero-order chi connectivity index (χ0) is 14.0. The standard InChI is InChI=1S/C13H16BrF3N2/c14-9-4-5-12(11(7-9)13(15,16)17)19-6-2-1-3-10(19)8-18/h4-5,7,10H,1-3,6,8,18H2. The zero-order valence-corrected chi connectivity index (χ0v) is 12.0. The van der Waals surface area contributed by atoms with Crippen LogP contribution in [0.2, 0.25) is 0 Å². The van der Waals surface area contributed by atoms with Crippen molar-refractivity contribution >= 4 is 21.6 Å². The van der Waals surface area contributed by atoms with E-state index in [1.54, 1.807) is 11.0 Å². The van der Waals surface area contributed by atoms with Crippen LogP contribution in [0.25, 0.3) is 0 Å². The van der Waals surface area contributed by atoms with Crippen LogP contribution in [0, 0.1) is 0 Å². The maximum absolute atomic E-state index is 13.1. The first-order valence-electron chi connectivity index (χ1n) is 6.27. The SMILES string of the molecule is NCC1CCCCN1c1ccc(Br)cc1C(F)(F)F. The molecule has 1 aromatic rings. The normalized spacial score (nSPS) is 20.7. The van der Waals surface area contributed by atoms with Gasteiger partial charge in [-0.1, -0.05) is 15.9 Å². The highest BCUT2D eigenvalue weighted by atomic mass is 79.9. The number of alkyl halides is 3. The molecule has 2 nitrogen and oxygen atoms in total. The first kappa shape index (κ1) is 14.7. The van der Waals surface area contributed by atoms with Crippen molar-refractivity contribution in [2.45, 2.75) is 31.5 Å². The molecule has 1 heterocycles. The molecule has 1 aromatic carbocycles. The minimum Gasteiger partial charge on any atom is -0.367 e. The van der Waals surface area contributed by atoms with E-state index in [0.29, 0.717) is 17.6 Å². The Morgan fingerprint density at radius 3 is 2.68 bits per heavy atom. The fourth-order valence-corrected chi connectivity index (χ4v) is 2.91. The van der Waals surface area contributed by atoms with E-state index < -0.39 is 11.7 Å². The van der Waals surface area contributed by atoms with Gasteiger partial charge in [0.1, 0.15) is 0 Å². The molecule has 1 fully saturated rings. The molecule has 0 bridgehead atoms. The third-order valence-electron chi connectivity index (χ3n) is 3.47. The van der Waals surface area contributed by atoms with Gasteiger partial charge in [0.05, 0.1) is 5.56 Å². The van der Waals surface area contributed by atoms with E-state index in [9.17, 15) is 13.2 Å². The second-order valence-electron chi connectivity index (χ2n) is 4.74. The zero-order valence-electron chi connectivity index (χ0n) is 10.4. The smallest absolute Gasteiger partial charge is 0.367 e. The van der Waals surface area contributed by atoms with E-state index in [1.165, 1.54) is 6.07 Å². The van der Waals surface area contributed by atoms with Crippen LogP contribution < -0.4 is 10.6 Å². The number of benzene rings is 1. The highest BCUT2D eigenvalue weighted by molar-refractivity contribution is 9.10. The van der Waals surface area contributed by atoms with E-state index in [0.717, 1.165) is 25.3 Å².